The van der Waals surface area contributed by atoms with Crippen molar-refractivity contribution in [3.63, 3.8) is 0 Å². The van der Waals surface area contributed by atoms with E-state index in [0.717, 1.165) is 6.29 Å². The second-order valence-corrected chi connectivity index (χ2v) is 4.70. The van der Waals surface area contributed by atoms with Crippen LogP contribution in [0.15, 0.2) is 0 Å². The van der Waals surface area contributed by atoms with Gasteiger partial charge in [-0.15, -0.1) is 0 Å². The number of unbranched alkanes of at least 4 members (excludes halogenated alkanes) is 4. The van der Waals surface area contributed by atoms with E-state index in [0.29, 0.717) is 6.42 Å². The predicted molar refractivity (Wildman–Crippen MR) is 57.8 cm³/mol. The molecule has 0 saturated carbocycles. The van der Waals surface area contributed by atoms with Crippen LogP contribution in [0.2, 0.25) is 0 Å². The summed E-state index contributed by atoms with van der Waals surface area (Å²) in [5, 5.41) is 0. The maximum absolute atomic E-state index is 10.4. The van der Waals surface area contributed by atoms with E-state index in [1.165, 1.54) is 38.5 Å². The van der Waals surface area contributed by atoms with Crippen LogP contribution in [0.5, 0.6) is 0 Å². The van der Waals surface area contributed by atoms with Crippen LogP contribution in [0.4, 0.5) is 0 Å². The fourth-order valence-corrected chi connectivity index (χ4v) is 1.53. The van der Waals surface area contributed by atoms with E-state index in [4.69, 9.17) is 0 Å². The maximum Gasteiger partial charge on any atom is 0.120 e. The second-order valence-electron chi connectivity index (χ2n) is 4.70. The summed E-state index contributed by atoms with van der Waals surface area (Å²) in [6.07, 6.45) is 9.57. The Bertz CT molecular complexity index is 127. The van der Waals surface area contributed by atoms with Crippen molar-refractivity contribution in [1.82, 2.24) is 0 Å². The molecule has 0 spiro atoms. The van der Waals surface area contributed by atoms with Crippen LogP contribution in [-0.4, -0.2) is 6.29 Å². The van der Waals surface area contributed by atoms with E-state index >= 15 is 0 Å². The first-order chi connectivity index (χ1) is 6.12. The molecule has 0 aliphatic heterocycles. The molecule has 1 nitrogen and oxygen atoms in total. The number of carbonyl (C=O) groups is 1. The molecule has 0 aliphatic carbocycles. The highest BCUT2D eigenvalue weighted by Gasteiger charge is 2.15. The van der Waals surface area contributed by atoms with Crippen molar-refractivity contribution in [2.45, 2.75) is 65.7 Å². The number of aldehydes is 1. The van der Waals surface area contributed by atoms with Crippen molar-refractivity contribution in [1.29, 1.82) is 0 Å². The van der Waals surface area contributed by atoms with Crippen molar-refractivity contribution in [2.75, 3.05) is 0 Å². The molecule has 1 heteroatoms. The first kappa shape index (κ1) is 12.7. The van der Waals surface area contributed by atoms with Gasteiger partial charge in [-0.25, -0.2) is 0 Å². The quantitative estimate of drug-likeness (QED) is 0.412. The molecular formula is C12H24O. The molecular weight excluding hydrogens is 160 g/mol. The van der Waals surface area contributed by atoms with Gasteiger partial charge in [-0.3, -0.25) is 0 Å². The fourth-order valence-electron chi connectivity index (χ4n) is 1.53. The molecule has 0 aromatic rings. The summed E-state index contributed by atoms with van der Waals surface area (Å²) in [6.45, 7) is 6.60. The van der Waals surface area contributed by atoms with Gasteiger partial charge in [0, 0.05) is 6.42 Å². The van der Waals surface area contributed by atoms with Gasteiger partial charge < -0.3 is 4.79 Å². The smallest absolute Gasteiger partial charge is 0.120 e. The van der Waals surface area contributed by atoms with E-state index in [2.05, 4.69) is 20.8 Å². The number of carbonyl (C=O) groups excluding carboxylic acids is 1. The van der Waals surface area contributed by atoms with E-state index < -0.39 is 0 Å². The van der Waals surface area contributed by atoms with Crippen LogP contribution in [0.1, 0.15) is 65.7 Å². The highest BCUT2D eigenvalue weighted by Crippen LogP contribution is 2.26. The van der Waals surface area contributed by atoms with Crippen LogP contribution in [0.3, 0.4) is 0 Å². The van der Waals surface area contributed by atoms with Crippen molar-refractivity contribution < 1.29 is 4.79 Å². The van der Waals surface area contributed by atoms with Crippen LogP contribution < -0.4 is 0 Å². The molecule has 13 heavy (non-hydrogen) atoms. The van der Waals surface area contributed by atoms with Crippen molar-refractivity contribution >= 4 is 6.29 Å². The minimum absolute atomic E-state index is 0.230. The minimum Gasteiger partial charge on any atom is -0.303 e. The topological polar surface area (TPSA) is 17.1 Å². The van der Waals surface area contributed by atoms with Crippen LogP contribution in [0, 0.1) is 5.41 Å². The Hall–Kier alpha value is -0.330. The zero-order valence-electron chi connectivity index (χ0n) is 9.44. The predicted octanol–water partition coefficient (Wildman–Crippen LogP) is 3.96. The van der Waals surface area contributed by atoms with E-state index in [1.807, 2.05) is 0 Å². The zero-order valence-corrected chi connectivity index (χ0v) is 9.44. The summed E-state index contributed by atoms with van der Waals surface area (Å²) in [5.74, 6) is 0. The van der Waals surface area contributed by atoms with Crippen molar-refractivity contribution in [3.05, 3.63) is 0 Å². The van der Waals surface area contributed by atoms with Crippen LogP contribution >= 0.6 is 0 Å². The van der Waals surface area contributed by atoms with Crippen molar-refractivity contribution in [3.8, 4) is 0 Å². The van der Waals surface area contributed by atoms with E-state index in [1.54, 1.807) is 0 Å². The van der Waals surface area contributed by atoms with Gasteiger partial charge in [0.1, 0.15) is 6.29 Å². The Labute approximate surface area is 82.9 Å². The maximum atomic E-state index is 10.4. The van der Waals surface area contributed by atoms with Gasteiger partial charge in [0.25, 0.3) is 0 Å². The van der Waals surface area contributed by atoms with Gasteiger partial charge in [-0.1, -0.05) is 52.9 Å². The van der Waals surface area contributed by atoms with Gasteiger partial charge in [0.15, 0.2) is 0 Å². The number of hydrogen-bond acceptors (Lipinski definition) is 1. The Balaban J connectivity index is 3.34. The first-order valence-electron chi connectivity index (χ1n) is 5.56. The highest BCUT2D eigenvalue weighted by atomic mass is 16.1. The third-order valence-electron chi connectivity index (χ3n) is 2.59. The molecule has 0 radical (unpaired) electrons. The molecule has 0 bridgehead atoms. The van der Waals surface area contributed by atoms with Crippen LogP contribution in [0.25, 0.3) is 0 Å². The lowest BCUT2D eigenvalue weighted by Crippen LogP contribution is -2.11. The molecule has 0 amide bonds. The molecule has 78 valence electrons. The van der Waals surface area contributed by atoms with E-state index in [9.17, 15) is 4.79 Å². The lowest BCUT2D eigenvalue weighted by Gasteiger charge is -2.21. The Morgan fingerprint density at radius 3 is 2.23 bits per heavy atom. The lowest BCUT2D eigenvalue weighted by molar-refractivity contribution is -0.109. The Morgan fingerprint density at radius 1 is 1.08 bits per heavy atom. The molecule has 0 rings (SSSR count). The third-order valence-corrected chi connectivity index (χ3v) is 2.59. The molecule has 0 aromatic heterocycles. The zero-order chi connectivity index (χ0) is 10.2. The normalized spacial score (nSPS) is 11.6. The molecule has 0 saturated heterocycles. The highest BCUT2D eigenvalue weighted by molar-refractivity contribution is 5.50. The largest absolute Gasteiger partial charge is 0.303 e. The Kier molecular flexibility index (Phi) is 6.93. The summed E-state index contributed by atoms with van der Waals surface area (Å²) < 4.78 is 0. The summed E-state index contributed by atoms with van der Waals surface area (Å²) in [6, 6.07) is 0. The monoisotopic (exact) mass is 184 g/mol. The van der Waals surface area contributed by atoms with Gasteiger partial charge in [-0.05, 0) is 11.8 Å². The molecule has 0 fully saturated rings. The lowest BCUT2D eigenvalue weighted by atomic mass is 9.84. The molecule has 0 aromatic carbocycles. The van der Waals surface area contributed by atoms with Gasteiger partial charge in [0.05, 0.1) is 0 Å². The molecule has 0 N–H and O–H groups in total. The average molecular weight is 184 g/mol. The molecule has 0 unspecified atom stereocenters. The summed E-state index contributed by atoms with van der Waals surface area (Å²) in [5.41, 5.74) is 0.230. The second kappa shape index (κ2) is 7.11. The van der Waals surface area contributed by atoms with Crippen molar-refractivity contribution in [2.24, 2.45) is 5.41 Å². The molecule has 0 aliphatic rings. The average Bonchev–Trinajstić information content (AvgIpc) is 2.04. The first-order valence-corrected chi connectivity index (χ1v) is 5.56. The van der Waals surface area contributed by atoms with E-state index in [-0.39, 0.29) is 5.41 Å². The Morgan fingerprint density at radius 2 is 1.69 bits per heavy atom. The molecule has 0 heterocycles. The number of hydrogen-bond donors (Lipinski definition) is 0. The SMILES string of the molecule is CCCCCCCC(C)(C)CC=O. The number of rotatable bonds is 8. The van der Waals surface area contributed by atoms with Gasteiger partial charge in [-0.2, -0.15) is 0 Å². The van der Waals surface area contributed by atoms with Gasteiger partial charge in [0.2, 0.25) is 0 Å². The molecule has 0 atom stereocenters. The standard InChI is InChI=1S/C12H24O/c1-4-5-6-7-8-9-12(2,3)10-11-13/h11H,4-10H2,1-3H3. The minimum atomic E-state index is 0.230. The summed E-state index contributed by atoms with van der Waals surface area (Å²) in [4.78, 5) is 10.4. The van der Waals surface area contributed by atoms with Gasteiger partial charge >= 0.3 is 0 Å². The summed E-state index contributed by atoms with van der Waals surface area (Å²) in [7, 11) is 0. The fraction of sp³-hybridized carbons (Fsp3) is 0.917. The summed E-state index contributed by atoms with van der Waals surface area (Å²) >= 11 is 0. The van der Waals surface area contributed by atoms with Crippen LogP contribution in [-0.2, 0) is 4.79 Å². The third kappa shape index (κ3) is 8.01.